The van der Waals surface area contributed by atoms with E-state index in [0.29, 0.717) is 25.6 Å². The maximum atomic E-state index is 11.8. The number of rotatable bonds is 9. The van der Waals surface area contributed by atoms with Crippen LogP contribution in [-0.4, -0.2) is 63.3 Å². The van der Waals surface area contributed by atoms with E-state index in [1.54, 1.807) is 6.07 Å². The molecule has 1 rings (SSSR count). The molecule has 7 nitrogen and oxygen atoms in total. The van der Waals surface area contributed by atoms with E-state index in [0.717, 1.165) is 10.7 Å². The molecule has 0 radical (unpaired) electrons. The van der Waals surface area contributed by atoms with Crippen LogP contribution in [0.15, 0.2) is 23.2 Å². The van der Waals surface area contributed by atoms with Crippen LogP contribution < -0.4 is 5.32 Å². The summed E-state index contributed by atoms with van der Waals surface area (Å²) < 4.78 is 29.9. The highest BCUT2D eigenvalue weighted by Gasteiger charge is 2.17. The molecule has 0 saturated heterocycles. The van der Waals surface area contributed by atoms with Crippen LogP contribution in [0.3, 0.4) is 0 Å². The van der Waals surface area contributed by atoms with Crippen LogP contribution in [0, 0.1) is 0 Å². The second-order valence-electron chi connectivity index (χ2n) is 4.28. The number of ether oxygens (including phenoxy) is 1. The van der Waals surface area contributed by atoms with Gasteiger partial charge in [-0.3, -0.25) is 0 Å². The molecule has 0 fully saturated rings. The zero-order valence-electron chi connectivity index (χ0n) is 11.7. The summed E-state index contributed by atoms with van der Waals surface area (Å²) in [6.45, 7) is 1.59. The van der Waals surface area contributed by atoms with Gasteiger partial charge in [-0.1, -0.05) is 0 Å². The van der Waals surface area contributed by atoms with Gasteiger partial charge in [-0.25, -0.2) is 17.7 Å². The summed E-state index contributed by atoms with van der Waals surface area (Å²) >= 11 is 0. The van der Waals surface area contributed by atoms with Gasteiger partial charge in [-0.05, 0) is 18.6 Å². The van der Waals surface area contributed by atoms with Gasteiger partial charge in [0.25, 0.3) is 0 Å². The lowest BCUT2D eigenvalue weighted by Crippen LogP contribution is -2.22. The van der Waals surface area contributed by atoms with Crippen LogP contribution in [-0.2, 0) is 14.8 Å². The maximum absolute atomic E-state index is 11.8. The Morgan fingerprint density at radius 3 is 2.65 bits per heavy atom. The molecule has 1 aromatic rings. The van der Waals surface area contributed by atoms with Gasteiger partial charge < -0.3 is 15.2 Å². The van der Waals surface area contributed by atoms with Gasteiger partial charge in [0.2, 0.25) is 10.0 Å². The van der Waals surface area contributed by atoms with Crippen molar-refractivity contribution in [1.82, 2.24) is 9.29 Å². The normalized spacial score (nSPS) is 11.8. The van der Waals surface area contributed by atoms with Crippen molar-refractivity contribution in [1.29, 1.82) is 0 Å². The Balaban J connectivity index is 2.44. The Morgan fingerprint density at radius 2 is 2.10 bits per heavy atom. The van der Waals surface area contributed by atoms with E-state index >= 15 is 0 Å². The van der Waals surface area contributed by atoms with Gasteiger partial charge in [0.15, 0.2) is 0 Å². The van der Waals surface area contributed by atoms with Crippen molar-refractivity contribution in [2.75, 3.05) is 45.8 Å². The zero-order valence-corrected chi connectivity index (χ0v) is 12.6. The van der Waals surface area contributed by atoms with Gasteiger partial charge in [-0.15, -0.1) is 0 Å². The van der Waals surface area contributed by atoms with E-state index in [9.17, 15) is 8.42 Å². The number of hydrogen-bond acceptors (Lipinski definition) is 6. The molecule has 0 aliphatic carbocycles. The van der Waals surface area contributed by atoms with Crippen LogP contribution in [0.4, 0.5) is 5.82 Å². The van der Waals surface area contributed by atoms with Crippen LogP contribution >= 0.6 is 0 Å². The van der Waals surface area contributed by atoms with Gasteiger partial charge in [0.1, 0.15) is 10.7 Å². The molecule has 0 spiro atoms. The topological polar surface area (TPSA) is 91.8 Å². The lowest BCUT2D eigenvalue weighted by molar-refractivity contribution is 0.0922. The molecule has 1 heterocycles. The average molecular weight is 303 g/mol. The number of nitrogens with zero attached hydrogens (tertiary/aromatic N) is 2. The first-order chi connectivity index (χ1) is 9.48. The largest absolute Gasteiger partial charge is 0.394 e. The summed E-state index contributed by atoms with van der Waals surface area (Å²) in [5, 5.41) is 11.6. The Bertz CT molecular complexity index is 488. The van der Waals surface area contributed by atoms with Crippen LogP contribution in [0.2, 0.25) is 0 Å². The lowest BCUT2D eigenvalue weighted by atomic mass is 10.4. The Morgan fingerprint density at radius 1 is 1.35 bits per heavy atom. The minimum Gasteiger partial charge on any atom is -0.394 e. The quantitative estimate of drug-likeness (QED) is 0.631. The number of pyridine rings is 1. The number of aliphatic hydroxyl groups is 1. The van der Waals surface area contributed by atoms with Crippen molar-refractivity contribution in [3.05, 3.63) is 18.3 Å². The third kappa shape index (κ3) is 5.04. The fourth-order valence-corrected chi connectivity index (χ4v) is 2.25. The lowest BCUT2D eigenvalue weighted by Gasteiger charge is -2.11. The first-order valence-electron chi connectivity index (χ1n) is 6.29. The molecule has 0 unspecified atom stereocenters. The number of sulfonamides is 1. The molecule has 0 amide bonds. The third-order valence-corrected chi connectivity index (χ3v) is 4.32. The summed E-state index contributed by atoms with van der Waals surface area (Å²) in [6.07, 6.45) is 2.11. The molecule has 114 valence electrons. The molecule has 0 atom stereocenters. The fourth-order valence-electron chi connectivity index (χ4n) is 1.41. The molecule has 0 saturated carbocycles. The smallest absolute Gasteiger partial charge is 0.244 e. The first-order valence-corrected chi connectivity index (χ1v) is 7.73. The highest BCUT2D eigenvalue weighted by atomic mass is 32.2. The Hall–Kier alpha value is -1.22. The Kier molecular flexibility index (Phi) is 6.86. The predicted molar refractivity (Wildman–Crippen MR) is 76.1 cm³/mol. The standard InChI is InChI=1S/C12H21N3O4S/c1-15(2)20(17,18)11-4-5-12(14-10-11)13-6-3-8-19-9-7-16/h4-5,10,16H,3,6-9H2,1-2H3,(H,13,14). The summed E-state index contributed by atoms with van der Waals surface area (Å²) in [6, 6.07) is 3.15. The summed E-state index contributed by atoms with van der Waals surface area (Å²) in [7, 11) is -0.470. The minimum absolute atomic E-state index is 0.0246. The monoisotopic (exact) mass is 303 g/mol. The summed E-state index contributed by atoms with van der Waals surface area (Å²) in [5.74, 6) is 0.616. The minimum atomic E-state index is -3.43. The molecule has 20 heavy (non-hydrogen) atoms. The van der Waals surface area contributed by atoms with E-state index < -0.39 is 10.0 Å². The number of anilines is 1. The number of nitrogens with one attached hydrogen (secondary N) is 1. The molecule has 2 N–H and O–H groups in total. The van der Waals surface area contributed by atoms with Crippen LogP contribution in [0.25, 0.3) is 0 Å². The SMILES string of the molecule is CN(C)S(=O)(=O)c1ccc(NCCCOCCO)nc1. The van der Waals surface area contributed by atoms with Gasteiger partial charge >= 0.3 is 0 Å². The molecular weight excluding hydrogens is 282 g/mol. The van der Waals surface area contributed by atoms with Crippen molar-refractivity contribution < 1.29 is 18.3 Å². The first kappa shape index (κ1) is 16.8. The molecule has 0 aliphatic heterocycles. The molecular formula is C12H21N3O4S. The molecule has 0 aliphatic rings. The maximum Gasteiger partial charge on any atom is 0.244 e. The van der Waals surface area contributed by atoms with Crippen LogP contribution in [0.1, 0.15) is 6.42 Å². The second-order valence-corrected chi connectivity index (χ2v) is 6.43. The van der Waals surface area contributed by atoms with Crippen molar-refractivity contribution in [2.24, 2.45) is 0 Å². The number of hydrogen-bond donors (Lipinski definition) is 2. The average Bonchev–Trinajstić information content (AvgIpc) is 2.43. The molecule has 1 aromatic heterocycles. The second kappa shape index (κ2) is 8.15. The third-order valence-electron chi connectivity index (χ3n) is 2.52. The van der Waals surface area contributed by atoms with E-state index in [1.165, 1.54) is 26.4 Å². The van der Waals surface area contributed by atoms with Gasteiger partial charge in [0.05, 0.1) is 13.2 Å². The molecule has 0 bridgehead atoms. The predicted octanol–water partition coefficient (Wildman–Crippen LogP) is 0.143. The number of aromatic nitrogens is 1. The van der Waals surface area contributed by atoms with E-state index in [1.807, 2.05) is 0 Å². The van der Waals surface area contributed by atoms with Crippen molar-refractivity contribution >= 4 is 15.8 Å². The highest BCUT2D eigenvalue weighted by Crippen LogP contribution is 2.13. The van der Waals surface area contributed by atoms with Gasteiger partial charge in [0, 0.05) is 33.4 Å². The van der Waals surface area contributed by atoms with E-state index in [-0.39, 0.29) is 11.5 Å². The highest BCUT2D eigenvalue weighted by molar-refractivity contribution is 7.89. The van der Waals surface area contributed by atoms with Crippen LogP contribution in [0.5, 0.6) is 0 Å². The van der Waals surface area contributed by atoms with E-state index in [4.69, 9.17) is 9.84 Å². The van der Waals surface area contributed by atoms with Gasteiger partial charge in [-0.2, -0.15) is 0 Å². The summed E-state index contributed by atoms with van der Waals surface area (Å²) in [5.41, 5.74) is 0. The Labute approximate surface area is 119 Å². The van der Waals surface area contributed by atoms with Crippen molar-refractivity contribution in [3.63, 3.8) is 0 Å². The molecule has 0 aromatic carbocycles. The van der Waals surface area contributed by atoms with Crippen molar-refractivity contribution in [3.8, 4) is 0 Å². The van der Waals surface area contributed by atoms with Crippen molar-refractivity contribution in [2.45, 2.75) is 11.3 Å². The summed E-state index contributed by atoms with van der Waals surface area (Å²) in [4.78, 5) is 4.23. The number of aliphatic hydroxyl groups excluding tert-OH is 1. The zero-order chi connectivity index (χ0) is 15.0. The van der Waals surface area contributed by atoms with E-state index in [2.05, 4.69) is 10.3 Å². The molecule has 8 heteroatoms. The fraction of sp³-hybridized carbons (Fsp3) is 0.583.